The molecule has 1 heterocycles. The van der Waals surface area contributed by atoms with Crippen molar-refractivity contribution >= 4 is 21.6 Å². The number of rotatable bonds is 3. The third-order valence-corrected chi connectivity index (χ3v) is 3.88. The predicted molar refractivity (Wildman–Crippen MR) is 73.2 cm³/mol. The minimum atomic E-state index is -0.334. The summed E-state index contributed by atoms with van der Waals surface area (Å²) in [5.41, 5.74) is 6.87. The molecule has 0 bridgehead atoms. The number of hydrogen-bond acceptors (Lipinski definition) is 4. The van der Waals surface area contributed by atoms with Gasteiger partial charge in [0.15, 0.2) is 0 Å². The zero-order valence-corrected chi connectivity index (χ0v) is 11.8. The molecule has 5 nitrogen and oxygen atoms in total. The van der Waals surface area contributed by atoms with Crippen molar-refractivity contribution in [3.63, 3.8) is 0 Å². The first-order valence-corrected chi connectivity index (χ1v) is 6.67. The van der Waals surface area contributed by atoms with Crippen molar-refractivity contribution in [1.29, 1.82) is 0 Å². The van der Waals surface area contributed by atoms with Crippen LogP contribution in [0.3, 0.4) is 0 Å². The molecule has 0 radical (unpaired) electrons. The number of nitro groups is 1. The molecular formula is C12H16BrN3O2. The molecule has 18 heavy (non-hydrogen) atoms. The number of halogens is 1. The third kappa shape index (κ3) is 2.88. The first-order valence-electron chi connectivity index (χ1n) is 5.88. The number of hydrogen-bond donors (Lipinski definition) is 1. The molecule has 1 aromatic carbocycles. The van der Waals surface area contributed by atoms with Crippen LogP contribution in [0.25, 0.3) is 0 Å². The molecule has 1 fully saturated rings. The molecule has 1 aliphatic heterocycles. The molecule has 0 amide bonds. The highest BCUT2D eigenvalue weighted by Crippen LogP contribution is 2.26. The Hall–Kier alpha value is -0.980. The van der Waals surface area contributed by atoms with E-state index in [1.165, 1.54) is 0 Å². The van der Waals surface area contributed by atoms with E-state index in [9.17, 15) is 10.1 Å². The fourth-order valence-electron chi connectivity index (χ4n) is 2.31. The zero-order chi connectivity index (χ0) is 13.3. The fraction of sp³-hybridized carbons (Fsp3) is 0.500. The monoisotopic (exact) mass is 313 g/mol. The van der Waals surface area contributed by atoms with Crippen molar-refractivity contribution in [2.75, 3.05) is 13.1 Å². The van der Waals surface area contributed by atoms with E-state index in [4.69, 9.17) is 5.73 Å². The van der Waals surface area contributed by atoms with E-state index < -0.39 is 0 Å². The largest absolute Gasteiger partial charge is 0.326 e. The Bertz CT molecular complexity index is 457. The number of nitrogens with zero attached hydrogens (tertiary/aromatic N) is 2. The third-order valence-electron chi connectivity index (χ3n) is 3.38. The summed E-state index contributed by atoms with van der Waals surface area (Å²) in [6.07, 6.45) is 0. The van der Waals surface area contributed by atoms with Crippen molar-refractivity contribution in [1.82, 2.24) is 4.90 Å². The Morgan fingerprint density at radius 3 is 2.83 bits per heavy atom. The summed E-state index contributed by atoms with van der Waals surface area (Å²) in [5, 5.41) is 11.0. The van der Waals surface area contributed by atoms with Crippen LogP contribution in [0.4, 0.5) is 5.69 Å². The normalized spacial score (nSPS) is 24.4. The van der Waals surface area contributed by atoms with Gasteiger partial charge in [-0.1, -0.05) is 22.9 Å². The first-order chi connectivity index (χ1) is 8.47. The smallest absolute Gasteiger partial charge is 0.275 e. The van der Waals surface area contributed by atoms with Crippen LogP contribution in [0.5, 0.6) is 0 Å². The van der Waals surface area contributed by atoms with Crippen LogP contribution in [-0.4, -0.2) is 29.0 Å². The van der Waals surface area contributed by atoms with Crippen molar-refractivity contribution in [2.24, 2.45) is 11.7 Å². The molecule has 0 saturated carbocycles. The maximum Gasteiger partial charge on any atom is 0.275 e. The van der Waals surface area contributed by atoms with Gasteiger partial charge in [0.2, 0.25) is 0 Å². The topological polar surface area (TPSA) is 72.4 Å². The lowest BCUT2D eigenvalue weighted by Gasteiger charge is -2.15. The summed E-state index contributed by atoms with van der Waals surface area (Å²) in [6, 6.07) is 5.35. The Morgan fingerprint density at radius 2 is 2.28 bits per heavy atom. The highest BCUT2D eigenvalue weighted by Gasteiger charge is 2.28. The fourth-order valence-corrected chi connectivity index (χ4v) is 2.65. The Labute approximate surface area is 114 Å². The van der Waals surface area contributed by atoms with Gasteiger partial charge in [0.1, 0.15) is 0 Å². The van der Waals surface area contributed by atoms with Gasteiger partial charge < -0.3 is 5.73 Å². The van der Waals surface area contributed by atoms with E-state index in [1.54, 1.807) is 12.1 Å². The van der Waals surface area contributed by atoms with Gasteiger partial charge in [-0.2, -0.15) is 0 Å². The lowest BCUT2D eigenvalue weighted by Crippen LogP contribution is -2.28. The Balaban J connectivity index is 2.17. The van der Waals surface area contributed by atoms with E-state index in [0.29, 0.717) is 12.5 Å². The quantitative estimate of drug-likeness (QED) is 0.685. The van der Waals surface area contributed by atoms with E-state index in [2.05, 4.69) is 27.8 Å². The average Bonchev–Trinajstić information content (AvgIpc) is 2.60. The molecule has 2 unspecified atom stereocenters. The second kappa shape index (κ2) is 5.34. The van der Waals surface area contributed by atoms with Gasteiger partial charge in [-0.15, -0.1) is 0 Å². The molecule has 6 heteroatoms. The van der Waals surface area contributed by atoms with Gasteiger partial charge >= 0.3 is 0 Å². The molecule has 0 aliphatic carbocycles. The van der Waals surface area contributed by atoms with Crippen LogP contribution in [0.1, 0.15) is 12.5 Å². The number of likely N-dealkylation sites (tertiary alicyclic amines) is 1. The molecule has 2 atom stereocenters. The predicted octanol–water partition coefficient (Wildman–Crippen LogP) is 2.14. The van der Waals surface area contributed by atoms with E-state index in [1.807, 2.05) is 6.07 Å². The first kappa shape index (κ1) is 13.5. The summed E-state index contributed by atoms with van der Waals surface area (Å²) in [5.74, 6) is 0.444. The van der Waals surface area contributed by atoms with Gasteiger partial charge in [-0.05, 0) is 18.1 Å². The maximum absolute atomic E-state index is 11.0. The second-order valence-electron chi connectivity index (χ2n) is 4.87. The van der Waals surface area contributed by atoms with Crippen molar-refractivity contribution < 1.29 is 4.92 Å². The Morgan fingerprint density at radius 1 is 1.56 bits per heavy atom. The van der Waals surface area contributed by atoms with E-state index in [-0.39, 0.29) is 16.7 Å². The maximum atomic E-state index is 11.0. The number of nitro benzene ring substituents is 1. The summed E-state index contributed by atoms with van der Waals surface area (Å²) < 4.78 is 0.726. The van der Waals surface area contributed by atoms with E-state index in [0.717, 1.165) is 23.1 Å². The standard InChI is InChI=1S/C12H16BrN3O2/c1-8-5-15(7-11(8)14)6-9-2-3-10(13)4-12(9)16(17)18/h2-4,8,11H,5-7,14H2,1H3. The lowest BCUT2D eigenvalue weighted by molar-refractivity contribution is -0.385. The van der Waals surface area contributed by atoms with Crippen molar-refractivity contribution in [3.05, 3.63) is 38.3 Å². The highest BCUT2D eigenvalue weighted by molar-refractivity contribution is 9.10. The summed E-state index contributed by atoms with van der Waals surface area (Å²) in [4.78, 5) is 12.9. The van der Waals surface area contributed by atoms with Crippen molar-refractivity contribution in [2.45, 2.75) is 19.5 Å². The van der Waals surface area contributed by atoms with Crippen LogP contribution >= 0.6 is 15.9 Å². The molecule has 2 rings (SSSR count). The minimum absolute atomic E-state index is 0.164. The Kier molecular flexibility index (Phi) is 3.99. The van der Waals surface area contributed by atoms with Crippen LogP contribution in [-0.2, 0) is 6.54 Å². The highest BCUT2D eigenvalue weighted by atomic mass is 79.9. The van der Waals surface area contributed by atoms with Crippen LogP contribution < -0.4 is 5.73 Å². The minimum Gasteiger partial charge on any atom is -0.326 e. The van der Waals surface area contributed by atoms with Gasteiger partial charge in [-0.25, -0.2) is 0 Å². The van der Waals surface area contributed by atoms with Crippen LogP contribution in [0, 0.1) is 16.0 Å². The van der Waals surface area contributed by atoms with E-state index >= 15 is 0 Å². The van der Waals surface area contributed by atoms with Crippen molar-refractivity contribution in [3.8, 4) is 0 Å². The molecule has 98 valence electrons. The SMILES string of the molecule is CC1CN(Cc2ccc(Br)cc2[N+](=O)[O-])CC1N. The molecule has 1 aliphatic rings. The summed E-state index contributed by atoms with van der Waals surface area (Å²) >= 11 is 3.26. The average molecular weight is 314 g/mol. The van der Waals surface area contributed by atoms with Crippen LogP contribution in [0.2, 0.25) is 0 Å². The van der Waals surface area contributed by atoms with Gasteiger partial charge in [0, 0.05) is 41.8 Å². The summed E-state index contributed by atoms with van der Waals surface area (Å²) in [6.45, 7) is 4.39. The molecule has 2 N–H and O–H groups in total. The number of benzene rings is 1. The molecular weight excluding hydrogens is 298 g/mol. The summed E-state index contributed by atoms with van der Waals surface area (Å²) in [7, 11) is 0. The molecule has 0 spiro atoms. The van der Waals surface area contributed by atoms with Crippen LogP contribution in [0.15, 0.2) is 22.7 Å². The second-order valence-corrected chi connectivity index (χ2v) is 5.78. The number of nitrogens with two attached hydrogens (primary N) is 1. The van der Waals surface area contributed by atoms with Gasteiger partial charge in [-0.3, -0.25) is 15.0 Å². The molecule has 0 aromatic heterocycles. The molecule has 1 aromatic rings. The zero-order valence-electron chi connectivity index (χ0n) is 10.2. The lowest BCUT2D eigenvalue weighted by atomic mass is 10.1. The van der Waals surface area contributed by atoms with Gasteiger partial charge in [0.05, 0.1) is 4.92 Å². The molecule has 1 saturated heterocycles. The van der Waals surface area contributed by atoms with Gasteiger partial charge in [0.25, 0.3) is 5.69 Å².